The van der Waals surface area contributed by atoms with Gasteiger partial charge in [-0.1, -0.05) is 0 Å². The molecule has 0 atom stereocenters. The molecule has 2 aromatic heterocycles. The normalized spacial score (nSPS) is 11.0. The van der Waals surface area contributed by atoms with Crippen LogP contribution < -0.4 is 19.5 Å². The first kappa shape index (κ1) is 23.4. The molecule has 0 aliphatic carbocycles. The molecule has 0 saturated heterocycles. The third-order valence-corrected chi connectivity index (χ3v) is 5.70. The molecule has 0 fully saturated rings. The monoisotopic (exact) mass is 477 g/mol. The number of benzene rings is 1. The molecular formula is C18H19N7O7S. The lowest BCUT2D eigenvalue weighted by Gasteiger charge is -2.10. The quantitative estimate of drug-likeness (QED) is 0.337. The van der Waals surface area contributed by atoms with Crippen molar-refractivity contribution < 1.29 is 27.6 Å². The smallest absolute Gasteiger partial charge is 0.321 e. The number of amides is 1. The van der Waals surface area contributed by atoms with Crippen LogP contribution in [0.3, 0.4) is 0 Å². The first-order valence-electron chi connectivity index (χ1n) is 9.19. The molecule has 2 heterocycles. The van der Waals surface area contributed by atoms with Gasteiger partial charge in [0.1, 0.15) is 18.4 Å². The van der Waals surface area contributed by atoms with E-state index in [2.05, 4.69) is 25.1 Å². The largest absolute Gasteiger partial charge is 0.481 e. The summed E-state index contributed by atoms with van der Waals surface area (Å²) in [6.45, 7) is 1.23. The number of nitrogens with zero attached hydrogens (tertiary/aromatic N) is 5. The van der Waals surface area contributed by atoms with Crippen molar-refractivity contribution in [3.8, 4) is 11.9 Å². The van der Waals surface area contributed by atoms with Crippen LogP contribution in [0.1, 0.15) is 5.69 Å². The second-order valence-corrected chi connectivity index (χ2v) is 8.17. The van der Waals surface area contributed by atoms with Crippen molar-refractivity contribution in [1.82, 2.24) is 19.7 Å². The Kier molecular flexibility index (Phi) is 6.72. The number of hydrogen-bond acceptors (Lipinski definition) is 10. The van der Waals surface area contributed by atoms with E-state index in [9.17, 15) is 23.3 Å². The van der Waals surface area contributed by atoms with Crippen molar-refractivity contribution in [3.05, 3.63) is 52.3 Å². The molecule has 0 saturated carbocycles. The first-order chi connectivity index (χ1) is 15.6. The highest BCUT2D eigenvalue weighted by molar-refractivity contribution is 7.92. The number of sulfonamides is 1. The van der Waals surface area contributed by atoms with Gasteiger partial charge >= 0.3 is 11.7 Å². The minimum absolute atomic E-state index is 0.0558. The summed E-state index contributed by atoms with van der Waals surface area (Å²) < 4.78 is 38.7. The Morgan fingerprint density at radius 3 is 2.45 bits per heavy atom. The van der Waals surface area contributed by atoms with Crippen LogP contribution in [-0.4, -0.2) is 53.2 Å². The number of ether oxygens (including phenoxy) is 2. The van der Waals surface area contributed by atoms with Crippen LogP contribution in [0, 0.1) is 17.0 Å². The predicted molar refractivity (Wildman–Crippen MR) is 115 cm³/mol. The Labute approximate surface area is 187 Å². The number of rotatable bonds is 9. The van der Waals surface area contributed by atoms with Crippen molar-refractivity contribution in [1.29, 1.82) is 0 Å². The van der Waals surface area contributed by atoms with Gasteiger partial charge in [0.15, 0.2) is 5.82 Å². The molecular weight excluding hydrogens is 458 g/mol. The first-order valence-corrected chi connectivity index (χ1v) is 10.7. The van der Waals surface area contributed by atoms with E-state index in [1.54, 1.807) is 0 Å². The maximum absolute atomic E-state index is 12.7. The molecule has 1 aromatic carbocycles. The van der Waals surface area contributed by atoms with Gasteiger partial charge in [0.25, 0.3) is 10.0 Å². The van der Waals surface area contributed by atoms with E-state index in [-0.39, 0.29) is 40.5 Å². The summed E-state index contributed by atoms with van der Waals surface area (Å²) in [5.41, 5.74) is 0.369. The van der Waals surface area contributed by atoms with Crippen LogP contribution in [0.5, 0.6) is 11.9 Å². The summed E-state index contributed by atoms with van der Waals surface area (Å²) in [6, 6.07) is 6.58. The molecule has 0 radical (unpaired) electrons. The molecule has 15 heteroatoms. The van der Waals surface area contributed by atoms with Crippen LogP contribution in [0.25, 0.3) is 0 Å². The van der Waals surface area contributed by atoms with Crippen molar-refractivity contribution in [2.45, 2.75) is 18.4 Å². The van der Waals surface area contributed by atoms with E-state index in [4.69, 9.17) is 9.47 Å². The topological polar surface area (TPSA) is 180 Å². The highest BCUT2D eigenvalue weighted by atomic mass is 32.2. The van der Waals surface area contributed by atoms with Crippen LogP contribution in [0.2, 0.25) is 0 Å². The molecule has 0 unspecified atom stereocenters. The summed E-state index contributed by atoms with van der Waals surface area (Å²) in [4.78, 5) is 30.3. The Morgan fingerprint density at radius 1 is 1.18 bits per heavy atom. The summed E-state index contributed by atoms with van der Waals surface area (Å²) in [5.74, 6) is -0.444. The van der Waals surface area contributed by atoms with Gasteiger partial charge in [-0.05, 0) is 31.2 Å². The molecule has 3 rings (SSSR count). The lowest BCUT2D eigenvalue weighted by atomic mass is 10.3. The second-order valence-electron chi connectivity index (χ2n) is 6.49. The average Bonchev–Trinajstić information content (AvgIpc) is 3.13. The Bertz CT molecular complexity index is 1270. The fourth-order valence-electron chi connectivity index (χ4n) is 2.68. The van der Waals surface area contributed by atoms with E-state index in [0.29, 0.717) is 5.69 Å². The lowest BCUT2D eigenvalue weighted by molar-refractivity contribution is -0.385. The molecule has 2 N–H and O–H groups in total. The number of nitrogens with one attached hydrogen (secondary N) is 2. The van der Waals surface area contributed by atoms with Gasteiger partial charge in [-0.2, -0.15) is 15.1 Å². The number of anilines is 2. The highest BCUT2D eigenvalue weighted by Gasteiger charge is 2.19. The van der Waals surface area contributed by atoms with Crippen molar-refractivity contribution in [2.75, 3.05) is 24.3 Å². The van der Waals surface area contributed by atoms with Crippen LogP contribution >= 0.6 is 0 Å². The SMILES string of the molecule is COc1cc(NS(=O)(=O)c2ccc(NC(=O)Cn3ncc([N+](=O)[O-])c3C)cc2)nc(OC)n1. The van der Waals surface area contributed by atoms with Gasteiger partial charge < -0.3 is 14.8 Å². The zero-order valence-electron chi connectivity index (χ0n) is 17.7. The lowest BCUT2D eigenvalue weighted by Crippen LogP contribution is -2.20. The number of nitro groups is 1. The molecule has 0 bridgehead atoms. The summed E-state index contributed by atoms with van der Waals surface area (Å²) in [7, 11) is -1.32. The van der Waals surface area contributed by atoms with Gasteiger partial charge in [-0.15, -0.1) is 0 Å². The molecule has 0 spiro atoms. The van der Waals surface area contributed by atoms with Gasteiger partial charge in [0.2, 0.25) is 11.8 Å². The number of hydrogen-bond donors (Lipinski definition) is 2. The number of carbonyl (C=O) groups is 1. The maximum atomic E-state index is 12.7. The summed E-state index contributed by atoms with van der Waals surface area (Å²) in [6.07, 6.45) is 1.07. The molecule has 1 amide bonds. The maximum Gasteiger partial charge on any atom is 0.321 e. The van der Waals surface area contributed by atoms with E-state index in [0.717, 1.165) is 6.20 Å². The van der Waals surface area contributed by atoms with Crippen LogP contribution in [0.15, 0.2) is 41.4 Å². The van der Waals surface area contributed by atoms with E-state index in [1.807, 2.05) is 0 Å². The fourth-order valence-corrected chi connectivity index (χ4v) is 3.67. The molecule has 3 aromatic rings. The minimum Gasteiger partial charge on any atom is -0.481 e. The van der Waals surface area contributed by atoms with Gasteiger partial charge in [0.05, 0.1) is 24.0 Å². The number of aromatic nitrogens is 4. The summed E-state index contributed by atoms with van der Waals surface area (Å²) >= 11 is 0. The van der Waals surface area contributed by atoms with Gasteiger partial charge in [0, 0.05) is 11.8 Å². The standard InChI is InChI=1S/C18H19N7O7S/c1-11-14(25(27)28)9-19-24(11)10-16(26)20-12-4-6-13(7-5-12)33(29,30)23-15-8-17(31-2)22-18(21-15)32-3/h4-9H,10H2,1-3H3,(H,20,26)(H,21,22,23). The third-order valence-electron chi connectivity index (χ3n) is 4.33. The minimum atomic E-state index is -4.01. The fraction of sp³-hybridized carbons (Fsp3) is 0.222. The Balaban J connectivity index is 1.69. The van der Waals surface area contributed by atoms with Crippen LogP contribution in [-0.2, 0) is 21.4 Å². The number of carbonyl (C=O) groups excluding carboxylic acids is 1. The zero-order valence-corrected chi connectivity index (χ0v) is 18.5. The second kappa shape index (κ2) is 9.47. The average molecular weight is 477 g/mol. The van der Waals surface area contributed by atoms with Gasteiger partial charge in [-0.3, -0.25) is 24.3 Å². The van der Waals surface area contributed by atoms with E-state index in [1.165, 1.54) is 56.2 Å². The Hall–Kier alpha value is -4.27. The number of methoxy groups -OCH3 is 2. The van der Waals surface area contributed by atoms with Crippen molar-refractivity contribution in [3.63, 3.8) is 0 Å². The Morgan fingerprint density at radius 2 is 1.88 bits per heavy atom. The van der Waals surface area contributed by atoms with Crippen LogP contribution in [0.4, 0.5) is 17.2 Å². The summed E-state index contributed by atoms with van der Waals surface area (Å²) in [5, 5.41) is 17.3. The van der Waals surface area contributed by atoms with E-state index >= 15 is 0 Å². The molecule has 0 aliphatic rings. The van der Waals surface area contributed by atoms with Crippen molar-refractivity contribution >= 4 is 33.1 Å². The predicted octanol–water partition coefficient (Wildman–Crippen LogP) is 1.35. The van der Waals surface area contributed by atoms with Crippen molar-refractivity contribution in [2.24, 2.45) is 0 Å². The molecule has 14 nitrogen and oxygen atoms in total. The molecule has 174 valence electrons. The van der Waals surface area contributed by atoms with E-state index < -0.39 is 20.9 Å². The zero-order chi connectivity index (χ0) is 24.2. The molecule has 0 aliphatic heterocycles. The molecule has 33 heavy (non-hydrogen) atoms. The third kappa shape index (κ3) is 5.51. The highest BCUT2D eigenvalue weighted by Crippen LogP contribution is 2.22. The van der Waals surface area contributed by atoms with Gasteiger partial charge in [-0.25, -0.2) is 8.42 Å².